The van der Waals surface area contributed by atoms with Crippen LogP contribution < -0.4 is 5.32 Å². The number of benzene rings is 1. The van der Waals surface area contributed by atoms with Crippen LogP contribution in [0.3, 0.4) is 0 Å². The molecule has 130 valence electrons. The Bertz CT molecular complexity index is 846. The molecule has 3 rings (SSSR count). The molecule has 25 heavy (non-hydrogen) atoms. The molecule has 0 bridgehead atoms. The quantitative estimate of drug-likeness (QED) is 0.669. The first kappa shape index (κ1) is 17.6. The van der Waals surface area contributed by atoms with Gasteiger partial charge in [-0.05, 0) is 42.6 Å². The van der Waals surface area contributed by atoms with Gasteiger partial charge in [-0.15, -0.1) is 21.5 Å². The maximum Gasteiger partial charge on any atom is 0.233 e. The first-order valence-electron chi connectivity index (χ1n) is 7.66. The molecule has 0 spiro atoms. The third-order valence-electron chi connectivity index (χ3n) is 3.61. The molecule has 1 aromatic carbocycles. The smallest absolute Gasteiger partial charge is 0.233 e. The van der Waals surface area contributed by atoms with Gasteiger partial charge < -0.3 is 9.88 Å². The van der Waals surface area contributed by atoms with E-state index in [1.54, 1.807) is 28.0 Å². The van der Waals surface area contributed by atoms with Gasteiger partial charge in [0.1, 0.15) is 5.82 Å². The zero-order valence-electron chi connectivity index (χ0n) is 13.8. The lowest BCUT2D eigenvalue weighted by Crippen LogP contribution is -2.30. The van der Waals surface area contributed by atoms with Gasteiger partial charge in [0.05, 0.1) is 11.8 Å². The third-order valence-corrected chi connectivity index (χ3v) is 5.62. The first-order valence-corrected chi connectivity index (χ1v) is 9.42. The molecule has 0 radical (unpaired) electrons. The number of rotatable bonds is 6. The maximum atomic E-state index is 13.1. The molecule has 3 aromatic rings. The average molecular weight is 376 g/mol. The highest BCUT2D eigenvalue weighted by molar-refractivity contribution is 8.00. The minimum atomic E-state index is -0.302. The molecule has 0 fully saturated rings. The summed E-state index contributed by atoms with van der Waals surface area (Å²) in [5.41, 5.74) is 0.776. The predicted molar refractivity (Wildman–Crippen MR) is 97.9 cm³/mol. The Hall–Kier alpha value is -2.19. The number of thiophene rings is 1. The number of carbonyl (C=O) groups excluding carboxylic acids is 1. The molecule has 2 aromatic heterocycles. The molecule has 2 heterocycles. The molecular formula is C17H17FN4OS2. The number of nitrogens with zero attached hydrogens (tertiary/aromatic N) is 3. The molecule has 5 nitrogen and oxygen atoms in total. The lowest BCUT2D eigenvalue weighted by atomic mass is 10.2. The largest absolute Gasteiger partial charge is 0.350 e. The number of hydrogen-bond acceptors (Lipinski definition) is 5. The van der Waals surface area contributed by atoms with Crippen LogP contribution >= 0.6 is 23.1 Å². The van der Waals surface area contributed by atoms with Crippen LogP contribution in [0.2, 0.25) is 0 Å². The van der Waals surface area contributed by atoms with E-state index in [1.807, 2.05) is 31.5 Å². The van der Waals surface area contributed by atoms with Crippen molar-refractivity contribution in [2.75, 3.05) is 0 Å². The van der Waals surface area contributed by atoms with Crippen LogP contribution in [-0.4, -0.2) is 25.9 Å². The van der Waals surface area contributed by atoms with E-state index >= 15 is 0 Å². The van der Waals surface area contributed by atoms with Crippen LogP contribution in [0.15, 0.2) is 46.9 Å². The van der Waals surface area contributed by atoms with Crippen LogP contribution in [0, 0.1) is 5.82 Å². The van der Waals surface area contributed by atoms with Gasteiger partial charge in [0, 0.05) is 17.5 Å². The Kier molecular flexibility index (Phi) is 5.50. The summed E-state index contributed by atoms with van der Waals surface area (Å²) in [5.74, 6) is 0.287. The standard InChI is InChI=1S/C17H17FN4OS2/c1-11(16(23)19-10-14-4-3-9-24-14)25-17-21-20-15(22(17)2)12-5-7-13(18)8-6-12/h3-9,11H,10H2,1-2H3,(H,19,23)/t11-/m0/s1. The van der Waals surface area contributed by atoms with Crippen molar-refractivity contribution in [2.45, 2.75) is 23.9 Å². The van der Waals surface area contributed by atoms with Crippen molar-refractivity contribution in [1.82, 2.24) is 20.1 Å². The number of amides is 1. The van der Waals surface area contributed by atoms with Crippen LogP contribution in [0.4, 0.5) is 4.39 Å². The molecule has 1 N–H and O–H groups in total. The third kappa shape index (κ3) is 4.26. The van der Waals surface area contributed by atoms with E-state index in [-0.39, 0.29) is 17.0 Å². The maximum absolute atomic E-state index is 13.1. The highest BCUT2D eigenvalue weighted by atomic mass is 32.2. The number of aromatic nitrogens is 3. The monoisotopic (exact) mass is 376 g/mol. The zero-order valence-corrected chi connectivity index (χ0v) is 15.4. The predicted octanol–water partition coefficient (Wildman–Crippen LogP) is 3.48. The molecule has 0 saturated heterocycles. The van der Waals surface area contributed by atoms with E-state index < -0.39 is 0 Å². The second-order valence-electron chi connectivity index (χ2n) is 5.43. The van der Waals surface area contributed by atoms with Crippen molar-refractivity contribution in [3.63, 3.8) is 0 Å². The summed E-state index contributed by atoms with van der Waals surface area (Å²) in [7, 11) is 1.83. The van der Waals surface area contributed by atoms with E-state index in [2.05, 4.69) is 15.5 Å². The number of halogens is 1. The van der Waals surface area contributed by atoms with E-state index in [9.17, 15) is 9.18 Å². The molecule has 0 saturated carbocycles. The summed E-state index contributed by atoms with van der Waals surface area (Å²) in [6.45, 7) is 2.36. The minimum Gasteiger partial charge on any atom is -0.350 e. The SMILES string of the molecule is C[C@H](Sc1nnc(-c2ccc(F)cc2)n1C)C(=O)NCc1cccs1. The van der Waals surface area contributed by atoms with Gasteiger partial charge in [-0.1, -0.05) is 17.8 Å². The summed E-state index contributed by atoms with van der Waals surface area (Å²) in [5, 5.41) is 13.5. The Morgan fingerprint density at radius 2 is 2.08 bits per heavy atom. The van der Waals surface area contributed by atoms with Gasteiger partial charge in [0.15, 0.2) is 11.0 Å². The second kappa shape index (κ2) is 7.79. The van der Waals surface area contributed by atoms with Crippen LogP contribution in [-0.2, 0) is 18.4 Å². The summed E-state index contributed by atoms with van der Waals surface area (Å²) < 4.78 is 14.9. The summed E-state index contributed by atoms with van der Waals surface area (Å²) in [6, 6.07) is 10.0. The Morgan fingerprint density at radius 1 is 1.32 bits per heavy atom. The fourth-order valence-electron chi connectivity index (χ4n) is 2.21. The second-order valence-corrected chi connectivity index (χ2v) is 7.77. The Balaban J connectivity index is 1.64. The fourth-order valence-corrected chi connectivity index (χ4v) is 3.69. The van der Waals surface area contributed by atoms with Crippen molar-refractivity contribution in [1.29, 1.82) is 0 Å². The molecule has 0 aliphatic carbocycles. The van der Waals surface area contributed by atoms with Crippen molar-refractivity contribution in [3.8, 4) is 11.4 Å². The molecular weight excluding hydrogens is 359 g/mol. The first-order chi connectivity index (χ1) is 12.0. The number of carbonyl (C=O) groups is 1. The van der Waals surface area contributed by atoms with Crippen LogP contribution in [0.1, 0.15) is 11.8 Å². The van der Waals surface area contributed by atoms with E-state index in [1.165, 1.54) is 23.9 Å². The topological polar surface area (TPSA) is 59.8 Å². The molecule has 0 aliphatic rings. The zero-order chi connectivity index (χ0) is 17.8. The highest BCUT2D eigenvalue weighted by Gasteiger charge is 2.19. The summed E-state index contributed by atoms with van der Waals surface area (Å²) in [6.07, 6.45) is 0. The lowest BCUT2D eigenvalue weighted by molar-refractivity contribution is -0.120. The van der Waals surface area contributed by atoms with Crippen molar-refractivity contribution in [3.05, 3.63) is 52.5 Å². The molecule has 8 heteroatoms. The number of hydrogen-bond donors (Lipinski definition) is 1. The molecule has 0 aliphatic heterocycles. The van der Waals surface area contributed by atoms with E-state index in [0.29, 0.717) is 17.5 Å². The minimum absolute atomic E-state index is 0.0512. The van der Waals surface area contributed by atoms with Gasteiger partial charge in [0.25, 0.3) is 0 Å². The lowest BCUT2D eigenvalue weighted by Gasteiger charge is -2.11. The highest BCUT2D eigenvalue weighted by Crippen LogP contribution is 2.25. The Labute approximate surface area is 153 Å². The van der Waals surface area contributed by atoms with Crippen LogP contribution in [0.5, 0.6) is 0 Å². The molecule has 1 amide bonds. The van der Waals surface area contributed by atoms with Crippen molar-refractivity contribution >= 4 is 29.0 Å². The molecule has 0 unspecified atom stereocenters. The summed E-state index contributed by atoms with van der Waals surface area (Å²) >= 11 is 2.95. The summed E-state index contributed by atoms with van der Waals surface area (Å²) in [4.78, 5) is 13.4. The average Bonchev–Trinajstić information content (AvgIpc) is 3.24. The van der Waals surface area contributed by atoms with E-state index in [0.717, 1.165) is 10.4 Å². The van der Waals surface area contributed by atoms with Crippen LogP contribution in [0.25, 0.3) is 11.4 Å². The van der Waals surface area contributed by atoms with Gasteiger partial charge in [-0.25, -0.2) is 4.39 Å². The van der Waals surface area contributed by atoms with Crippen molar-refractivity contribution < 1.29 is 9.18 Å². The fraction of sp³-hybridized carbons (Fsp3) is 0.235. The number of thioether (sulfide) groups is 1. The van der Waals surface area contributed by atoms with E-state index in [4.69, 9.17) is 0 Å². The van der Waals surface area contributed by atoms with Crippen molar-refractivity contribution in [2.24, 2.45) is 7.05 Å². The van der Waals surface area contributed by atoms with Gasteiger partial charge in [0.2, 0.25) is 5.91 Å². The Morgan fingerprint density at radius 3 is 2.76 bits per heavy atom. The number of nitrogens with one attached hydrogen (secondary N) is 1. The normalized spacial score (nSPS) is 12.1. The van der Waals surface area contributed by atoms with Gasteiger partial charge in [-0.2, -0.15) is 0 Å². The van der Waals surface area contributed by atoms with Gasteiger partial charge in [-0.3, -0.25) is 4.79 Å². The molecule has 1 atom stereocenters. The van der Waals surface area contributed by atoms with Gasteiger partial charge >= 0.3 is 0 Å².